The lowest BCUT2D eigenvalue weighted by Gasteiger charge is -2.21. The van der Waals surface area contributed by atoms with E-state index in [1.54, 1.807) is 6.07 Å². The normalized spacial score (nSPS) is 12.8. The second-order valence-electron chi connectivity index (χ2n) is 7.70. The summed E-state index contributed by atoms with van der Waals surface area (Å²) in [4.78, 5) is 3.30. The van der Waals surface area contributed by atoms with Gasteiger partial charge in [-0.1, -0.05) is 61.5 Å². The summed E-state index contributed by atoms with van der Waals surface area (Å²) >= 11 is 0. The van der Waals surface area contributed by atoms with E-state index in [0.29, 0.717) is 0 Å². The predicted octanol–water partition coefficient (Wildman–Crippen LogP) is 7.40. The Labute approximate surface area is 197 Å². The number of pyridine rings is 1. The van der Waals surface area contributed by atoms with E-state index >= 15 is 0 Å². The maximum absolute atomic E-state index is 14.5. The average Bonchev–Trinajstić information content (AvgIpc) is 2.81. The first kappa shape index (κ1) is 24.7. The first-order chi connectivity index (χ1) is 16.3. The summed E-state index contributed by atoms with van der Waals surface area (Å²) in [5.74, 6) is -0.511. The molecule has 3 aromatic carbocycles. The quantitative estimate of drug-likeness (QED) is 0.269. The van der Waals surface area contributed by atoms with Gasteiger partial charge in [0.15, 0.2) is 9.84 Å². The molecule has 0 N–H and O–H groups in total. The monoisotopic (exact) mass is 509 g/mol. The average molecular weight is 509 g/mol. The Hall–Kier alpha value is -3.40. The van der Waals surface area contributed by atoms with Gasteiger partial charge in [0, 0.05) is 10.9 Å². The highest BCUT2D eigenvalue weighted by Crippen LogP contribution is 2.46. The second kappa shape index (κ2) is 8.67. The van der Waals surface area contributed by atoms with Crippen LogP contribution in [0.2, 0.25) is 0 Å². The number of rotatable bonds is 4. The minimum atomic E-state index is -5.04. The Balaban J connectivity index is 2.18. The number of sulfone groups is 1. The summed E-state index contributed by atoms with van der Waals surface area (Å²) in [7, 11) is -4.21. The standard InChI is InChI=1S/C25H17F6NO2S/c1-2-35(33,34)20-14-12-17(15-7-4-3-5-8-15)22(25(29,30)31)21(20)19-13-11-16-9-6-10-18(23(16)32-19)24(26,27)28/h3-14H,2H2,1H3. The third-order valence-corrected chi connectivity index (χ3v) is 7.30. The minimum Gasteiger partial charge on any atom is -0.247 e. The van der Waals surface area contributed by atoms with Gasteiger partial charge in [-0.05, 0) is 29.3 Å². The van der Waals surface area contributed by atoms with Crippen LogP contribution in [0.25, 0.3) is 33.3 Å². The first-order valence-corrected chi connectivity index (χ1v) is 12.0. The van der Waals surface area contributed by atoms with Crippen LogP contribution < -0.4 is 0 Å². The maximum atomic E-state index is 14.5. The molecule has 0 aliphatic carbocycles. The second-order valence-corrected chi connectivity index (χ2v) is 9.95. The topological polar surface area (TPSA) is 47.0 Å². The Morgan fingerprint density at radius 3 is 2.06 bits per heavy atom. The smallest absolute Gasteiger partial charge is 0.247 e. The molecule has 1 aromatic heterocycles. The Morgan fingerprint density at radius 2 is 1.46 bits per heavy atom. The molecule has 4 aromatic rings. The molecule has 35 heavy (non-hydrogen) atoms. The highest BCUT2D eigenvalue weighted by Gasteiger charge is 2.40. The molecule has 3 nitrogen and oxygen atoms in total. The number of halogens is 6. The van der Waals surface area contributed by atoms with Crippen LogP contribution in [0.1, 0.15) is 18.1 Å². The largest absolute Gasteiger partial charge is 0.418 e. The van der Waals surface area contributed by atoms with Crippen molar-refractivity contribution in [1.29, 1.82) is 0 Å². The molecule has 0 spiro atoms. The van der Waals surface area contributed by atoms with Gasteiger partial charge in [-0.3, -0.25) is 0 Å². The van der Waals surface area contributed by atoms with Gasteiger partial charge in [0.05, 0.1) is 33.0 Å². The zero-order valence-electron chi connectivity index (χ0n) is 18.1. The van der Waals surface area contributed by atoms with E-state index in [1.807, 2.05) is 0 Å². The van der Waals surface area contributed by atoms with Crippen LogP contribution in [-0.2, 0) is 22.2 Å². The van der Waals surface area contributed by atoms with Crippen LogP contribution in [0.3, 0.4) is 0 Å². The van der Waals surface area contributed by atoms with Crippen LogP contribution in [0, 0.1) is 0 Å². The van der Waals surface area contributed by atoms with E-state index in [0.717, 1.165) is 30.3 Å². The van der Waals surface area contributed by atoms with E-state index < -0.39 is 60.7 Å². The summed E-state index contributed by atoms with van der Waals surface area (Å²) in [6.07, 6.45) is -9.86. The third kappa shape index (κ3) is 4.62. The number of aromatic nitrogens is 1. The predicted molar refractivity (Wildman–Crippen MR) is 120 cm³/mol. The Bertz CT molecular complexity index is 1510. The van der Waals surface area contributed by atoms with Gasteiger partial charge in [0.25, 0.3) is 0 Å². The molecule has 0 saturated carbocycles. The SMILES string of the molecule is CCS(=O)(=O)c1ccc(-c2ccccc2)c(C(F)(F)F)c1-c1ccc2cccc(C(F)(F)F)c2n1. The van der Waals surface area contributed by atoms with Gasteiger partial charge in [-0.25, -0.2) is 13.4 Å². The van der Waals surface area contributed by atoms with Crippen molar-refractivity contribution in [1.82, 2.24) is 4.98 Å². The molecule has 0 aliphatic heterocycles. The van der Waals surface area contributed by atoms with Crippen molar-refractivity contribution >= 4 is 20.7 Å². The number of alkyl halides is 6. The fraction of sp³-hybridized carbons (Fsp3) is 0.160. The van der Waals surface area contributed by atoms with Gasteiger partial charge < -0.3 is 0 Å². The van der Waals surface area contributed by atoms with E-state index in [-0.39, 0.29) is 16.5 Å². The summed E-state index contributed by atoms with van der Waals surface area (Å²) < 4.78 is 110. The van der Waals surface area contributed by atoms with Crippen molar-refractivity contribution < 1.29 is 34.8 Å². The number of hydrogen-bond donors (Lipinski definition) is 0. The number of para-hydroxylation sites is 1. The van der Waals surface area contributed by atoms with Crippen molar-refractivity contribution in [2.24, 2.45) is 0 Å². The van der Waals surface area contributed by atoms with Crippen LogP contribution in [0.15, 0.2) is 77.7 Å². The fourth-order valence-electron chi connectivity index (χ4n) is 3.92. The van der Waals surface area contributed by atoms with Crippen molar-refractivity contribution in [3.63, 3.8) is 0 Å². The molecule has 0 aliphatic rings. The highest BCUT2D eigenvalue weighted by atomic mass is 32.2. The molecule has 0 fully saturated rings. The molecule has 10 heteroatoms. The highest BCUT2D eigenvalue weighted by molar-refractivity contribution is 7.91. The van der Waals surface area contributed by atoms with Crippen LogP contribution in [-0.4, -0.2) is 19.2 Å². The Morgan fingerprint density at radius 1 is 0.771 bits per heavy atom. The molecule has 4 rings (SSSR count). The molecule has 0 atom stereocenters. The van der Waals surface area contributed by atoms with E-state index in [2.05, 4.69) is 4.98 Å². The number of fused-ring (bicyclic) bond motifs is 1. The summed E-state index contributed by atoms with van der Waals surface area (Å²) in [5, 5.41) is 0.0521. The van der Waals surface area contributed by atoms with Crippen molar-refractivity contribution in [2.45, 2.75) is 24.2 Å². The number of nitrogens with zero attached hydrogens (tertiary/aromatic N) is 1. The van der Waals surface area contributed by atoms with E-state index in [1.165, 1.54) is 43.3 Å². The van der Waals surface area contributed by atoms with E-state index in [4.69, 9.17) is 0 Å². The summed E-state index contributed by atoms with van der Waals surface area (Å²) in [6, 6.07) is 15.2. The van der Waals surface area contributed by atoms with Crippen molar-refractivity contribution in [2.75, 3.05) is 5.75 Å². The molecular weight excluding hydrogens is 492 g/mol. The van der Waals surface area contributed by atoms with Gasteiger partial charge in [0.2, 0.25) is 0 Å². The van der Waals surface area contributed by atoms with Gasteiger partial charge in [0.1, 0.15) is 0 Å². The summed E-state index contributed by atoms with van der Waals surface area (Å²) in [6.45, 7) is 1.27. The number of benzene rings is 3. The molecular formula is C25H17F6NO2S. The van der Waals surface area contributed by atoms with Crippen LogP contribution in [0.5, 0.6) is 0 Å². The van der Waals surface area contributed by atoms with Gasteiger partial charge >= 0.3 is 12.4 Å². The molecule has 1 heterocycles. The molecule has 0 bridgehead atoms. The number of hydrogen-bond acceptors (Lipinski definition) is 3. The van der Waals surface area contributed by atoms with Gasteiger partial charge in [-0.15, -0.1) is 0 Å². The zero-order valence-corrected chi connectivity index (χ0v) is 18.9. The Kier molecular flexibility index (Phi) is 6.12. The maximum Gasteiger partial charge on any atom is 0.418 e. The lowest BCUT2D eigenvalue weighted by atomic mass is 9.92. The molecule has 0 radical (unpaired) electrons. The minimum absolute atomic E-state index is 0.0521. The van der Waals surface area contributed by atoms with Crippen LogP contribution in [0.4, 0.5) is 26.3 Å². The zero-order chi connectivity index (χ0) is 25.6. The summed E-state index contributed by atoms with van der Waals surface area (Å²) in [5.41, 5.74) is -4.44. The molecule has 182 valence electrons. The third-order valence-electron chi connectivity index (χ3n) is 5.53. The molecule has 0 saturated heterocycles. The molecule has 0 unspecified atom stereocenters. The van der Waals surface area contributed by atoms with Gasteiger partial charge in [-0.2, -0.15) is 26.3 Å². The molecule has 0 amide bonds. The first-order valence-electron chi connectivity index (χ1n) is 10.3. The fourth-order valence-corrected chi connectivity index (χ4v) is 5.02. The van der Waals surface area contributed by atoms with Crippen molar-refractivity contribution in [3.8, 4) is 22.4 Å². The lowest BCUT2D eigenvalue weighted by Crippen LogP contribution is -2.15. The van der Waals surface area contributed by atoms with Crippen LogP contribution >= 0.6 is 0 Å². The van der Waals surface area contributed by atoms with E-state index in [9.17, 15) is 34.8 Å². The lowest BCUT2D eigenvalue weighted by molar-refractivity contribution is -0.137. The van der Waals surface area contributed by atoms with Crippen molar-refractivity contribution in [3.05, 3.63) is 83.9 Å².